The van der Waals surface area contributed by atoms with Crippen molar-refractivity contribution in [3.63, 3.8) is 0 Å². The van der Waals surface area contributed by atoms with E-state index in [0.29, 0.717) is 54.7 Å². The number of nitrogens with one attached hydrogen (secondary N) is 1. The number of aliphatic hydroxyl groups is 4. The van der Waals surface area contributed by atoms with Gasteiger partial charge in [0.05, 0.1) is 24.7 Å². The van der Waals surface area contributed by atoms with E-state index < -0.39 is 37.3 Å². The second-order valence-corrected chi connectivity index (χ2v) is 12.2. The Morgan fingerprint density at radius 1 is 0.939 bits per heavy atom. The van der Waals surface area contributed by atoms with Crippen molar-refractivity contribution in [1.29, 1.82) is 0 Å². The van der Waals surface area contributed by atoms with Crippen LogP contribution in [0.25, 0.3) is 11.2 Å². The number of benzene rings is 3. The Morgan fingerprint density at radius 2 is 1.69 bits per heavy atom. The summed E-state index contributed by atoms with van der Waals surface area (Å²) >= 11 is 0. The smallest absolute Gasteiger partial charge is 0.167 e. The summed E-state index contributed by atoms with van der Waals surface area (Å²) < 4.78 is 13.1. The van der Waals surface area contributed by atoms with Crippen LogP contribution in [0.4, 0.5) is 11.5 Å². The zero-order chi connectivity index (χ0) is 34.2. The quantitative estimate of drug-likeness (QED) is 0.0668. The van der Waals surface area contributed by atoms with Crippen molar-refractivity contribution in [3.05, 3.63) is 108 Å². The molecule has 0 radical (unpaired) electrons. The molecule has 3 heterocycles. The van der Waals surface area contributed by atoms with Gasteiger partial charge in [0.15, 0.2) is 23.2 Å². The molecule has 49 heavy (non-hydrogen) atoms. The Labute approximate surface area is 284 Å². The van der Waals surface area contributed by atoms with Gasteiger partial charge in [0.1, 0.15) is 37.0 Å². The minimum absolute atomic E-state index is 0.411. The molecule has 0 aliphatic carbocycles. The molecule has 0 amide bonds. The number of hydrogen-bond acceptors (Lipinski definition) is 12. The lowest BCUT2D eigenvalue weighted by atomic mass is 10.1. The van der Waals surface area contributed by atoms with Gasteiger partial charge >= 0.3 is 0 Å². The number of aromatic nitrogens is 4. The van der Waals surface area contributed by atoms with Crippen molar-refractivity contribution in [3.8, 4) is 5.75 Å². The summed E-state index contributed by atoms with van der Waals surface area (Å²) in [5.74, 6) is 1.13. The summed E-state index contributed by atoms with van der Waals surface area (Å²) in [5, 5.41) is 44.7. The van der Waals surface area contributed by atoms with E-state index in [1.54, 1.807) is 6.07 Å². The van der Waals surface area contributed by atoms with E-state index in [9.17, 15) is 20.4 Å². The second-order valence-electron chi connectivity index (χ2n) is 12.2. The molecule has 5 atom stereocenters. The summed E-state index contributed by atoms with van der Waals surface area (Å²) in [6, 6.07) is 25.5. The third-order valence-corrected chi connectivity index (χ3v) is 8.68. The number of hydrogen-bond donors (Lipinski definition) is 6. The van der Waals surface area contributed by atoms with Gasteiger partial charge in [0.25, 0.3) is 0 Å². The van der Waals surface area contributed by atoms with E-state index in [-0.39, 0.29) is 0 Å². The summed E-state index contributed by atoms with van der Waals surface area (Å²) in [7, 11) is 0. The average molecular weight is 670 g/mol. The first kappa shape index (κ1) is 34.2. The molecule has 258 valence electrons. The van der Waals surface area contributed by atoms with Gasteiger partial charge in [-0.15, -0.1) is 0 Å². The van der Waals surface area contributed by atoms with Crippen molar-refractivity contribution in [1.82, 2.24) is 24.4 Å². The maximum absolute atomic E-state index is 11.3. The van der Waals surface area contributed by atoms with Gasteiger partial charge in [-0.3, -0.25) is 9.47 Å². The first-order valence-corrected chi connectivity index (χ1v) is 16.5. The first-order chi connectivity index (χ1) is 23.9. The number of fused-ring (bicyclic) bond motifs is 1. The minimum atomic E-state index is -1.24. The van der Waals surface area contributed by atoms with Gasteiger partial charge in [-0.2, -0.15) is 0 Å². The van der Waals surface area contributed by atoms with E-state index in [0.717, 1.165) is 36.1 Å². The SMILES string of the molecule is Nc1cc(C(O)CN(CCCCNc2ncnc3c2ncn3[C@@H]2O[C@H](CO)[C@@H](O)[C@H]2O)Cc2ccccc2)ccc1OCc1ccccc1. The van der Waals surface area contributed by atoms with Crippen molar-refractivity contribution in [2.24, 2.45) is 0 Å². The molecule has 6 rings (SSSR count). The van der Waals surface area contributed by atoms with Crippen molar-refractivity contribution >= 4 is 22.7 Å². The molecule has 7 N–H and O–H groups in total. The number of imidazole rings is 1. The third-order valence-electron chi connectivity index (χ3n) is 8.68. The number of nitrogens with two attached hydrogens (primary N) is 1. The number of nitrogen functional groups attached to an aromatic ring is 1. The Bertz CT molecular complexity index is 1780. The molecule has 13 heteroatoms. The monoisotopic (exact) mass is 669 g/mol. The third kappa shape index (κ3) is 8.33. The van der Waals surface area contributed by atoms with Crippen LogP contribution >= 0.6 is 0 Å². The Kier molecular flexibility index (Phi) is 11.3. The highest BCUT2D eigenvalue weighted by atomic mass is 16.6. The highest BCUT2D eigenvalue weighted by Crippen LogP contribution is 2.32. The number of unbranched alkanes of at least 4 members (excludes halogenated alkanes) is 1. The van der Waals surface area contributed by atoms with Gasteiger partial charge in [-0.05, 0) is 48.2 Å². The van der Waals surface area contributed by atoms with Crippen LogP contribution < -0.4 is 15.8 Å². The number of aliphatic hydroxyl groups excluding tert-OH is 4. The Hall–Kier alpha value is -4.63. The molecule has 0 spiro atoms. The maximum Gasteiger partial charge on any atom is 0.167 e. The molecule has 1 aliphatic heterocycles. The van der Waals surface area contributed by atoms with Gasteiger partial charge in [0, 0.05) is 19.6 Å². The van der Waals surface area contributed by atoms with Crippen LogP contribution in [0.1, 0.15) is 41.9 Å². The van der Waals surface area contributed by atoms with Gasteiger partial charge < -0.3 is 41.0 Å². The topological polar surface area (TPSA) is 184 Å². The Morgan fingerprint density at radius 3 is 2.41 bits per heavy atom. The van der Waals surface area contributed by atoms with Crippen molar-refractivity contribution in [2.45, 2.75) is 56.6 Å². The molecule has 5 aromatic rings. The normalized spacial score (nSPS) is 19.8. The van der Waals surface area contributed by atoms with Crippen LogP contribution in [-0.2, 0) is 17.9 Å². The highest BCUT2D eigenvalue weighted by Gasteiger charge is 2.44. The maximum atomic E-state index is 11.3. The van der Waals surface area contributed by atoms with Gasteiger partial charge in [-0.25, -0.2) is 15.0 Å². The van der Waals surface area contributed by atoms with E-state index in [1.807, 2.05) is 60.7 Å². The number of nitrogens with zero attached hydrogens (tertiary/aromatic N) is 5. The summed E-state index contributed by atoms with van der Waals surface area (Å²) in [5.41, 5.74) is 10.7. The van der Waals surface area contributed by atoms with Crippen LogP contribution in [0.2, 0.25) is 0 Å². The fourth-order valence-electron chi connectivity index (χ4n) is 6.01. The summed E-state index contributed by atoms with van der Waals surface area (Å²) in [6.07, 6.45) is -0.483. The largest absolute Gasteiger partial charge is 0.487 e. The van der Waals surface area contributed by atoms with Gasteiger partial charge in [-0.1, -0.05) is 66.7 Å². The summed E-state index contributed by atoms with van der Waals surface area (Å²) in [4.78, 5) is 15.3. The average Bonchev–Trinajstić information content (AvgIpc) is 3.68. The molecule has 1 aliphatic rings. The zero-order valence-corrected chi connectivity index (χ0v) is 27.1. The fourth-order valence-corrected chi connectivity index (χ4v) is 6.01. The molecule has 1 unspecified atom stereocenters. The predicted molar refractivity (Wildman–Crippen MR) is 184 cm³/mol. The van der Waals surface area contributed by atoms with E-state index >= 15 is 0 Å². The molecule has 0 saturated carbocycles. The number of rotatable bonds is 16. The molecule has 1 saturated heterocycles. The first-order valence-electron chi connectivity index (χ1n) is 16.5. The molecular formula is C36H43N7O6. The minimum Gasteiger partial charge on any atom is -0.487 e. The van der Waals surface area contributed by atoms with E-state index in [1.165, 1.54) is 17.2 Å². The molecular weight excluding hydrogens is 626 g/mol. The van der Waals surface area contributed by atoms with Crippen LogP contribution in [-0.4, -0.2) is 89.4 Å². The lowest BCUT2D eigenvalue weighted by Crippen LogP contribution is -2.33. The van der Waals surface area contributed by atoms with E-state index in [2.05, 4.69) is 37.3 Å². The van der Waals surface area contributed by atoms with Crippen LogP contribution in [0.5, 0.6) is 5.75 Å². The lowest BCUT2D eigenvalue weighted by molar-refractivity contribution is -0.0511. The van der Waals surface area contributed by atoms with Crippen LogP contribution in [0, 0.1) is 0 Å². The molecule has 13 nitrogen and oxygen atoms in total. The number of anilines is 2. The standard InChI is InChI=1S/C36H43N7O6/c37-27-17-26(13-14-29(27)48-21-25-11-5-2-6-12-25)28(45)19-42(18-24-9-3-1-4-10-24)16-8-7-15-38-34-31-35(40-22-39-34)43(23-41-31)36-33(47)32(46)30(20-44)49-36/h1-6,9-14,17,22-23,28,30,32-33,36,44-47H,7-8,15-16,18-21,37H2,(H,38,39,40)/t28?,30-,32-,33-,36-/m1/s1. The van der Waals surface area contributed by atoms with Gasteiger partial charge in [0.2, 0.25) is 0 Å². The van der Waals surface area contributed by atoms with E-state index in [4.69, 9.17) is 15.2 Å². The van der Waals surface area contributed by atoms with Crippen molar-refractivity contribution in [2.75, 3.05) is 37.3 Å². The lowest BCUT2D eigenvalue weighted by Gasteiger charge is -2.26. The predicted octanol–water partition coefficient (Wildman–Crippen LogP) is 3.03. The second kappa shape index (κ2) is 16.2. The summed E-state index contributed by atoms with van der Waals surface area (Å²) in [6.45, 7) is 2.48. The molecule has 0 bridgehead atoms. The van der Waals surface area contributed by atoms with Crippen molar-refractivity contribution < 1.29 is 29.9 Å². The van der Waals surface area contributed by atoms with Crippen LogP contribution in [0.3, 0.4) is 0 Å². The Balaban J connectivity index is 1.04. The molecule has 2 aromatic heterocycles. The highest BCUT2D eigenvalue weighted by molar-refractivity contribution is 5.82. The molecule has 1 fully saturated rings. The van der Waals surface area contributed by atoms with Crippen LogP contribution in [0.15, 0.2) is 91.5 Å². The fraction of sp³-hybridized carbons (Fsp3) is 0.361. The molecule has 3 aromatic carbocycles. The zero-order valence-electron chi connectivity index (χ0n) is 27.1. The number of ether oxygens (including phenoxy) is 2.